The Balaban J connectivity index is 4.46. The summed E-state index contributed by atoms with van der Waals surface area (Å²) in [6.07, 6.45) is 1.02. The van der Waals surface area contributed by atoms with Crippen LogP contribution in [0.1, 0.15) is 34.1 Å². The van der Waals surface area contributed by atoms with Gasteiger partial charge < -0.3 is 14.9 Å². The first-order valence-electron chi connectivity index (χ1n) is 6.56. The molecule has 0 heterocycles. The number of amides is 2. The third-order valence-electron chi connectivity index (χ3n) is 3.18. The molecular weight excluding hydrogens is 232 g/mol. The lowest BCUT2D eigenvalue weighted by atomic mass is 10.1. The fourth-order valence-corrected chi connectivity index (χ4v) is 1.67. The lowest BCUT2D eigenvalue weighted by Crippen LogP contribution is -2.45. The molecule has 106 valence electrons. The molecular formula is C13H26N2O3. The highest BCUT2D eigenvalue weighted by molar-refractivity contribution is 5.75. The van der Waals surface area contributed by atoms with E-state index in [1.807, 2.05) is 6.92 Å². The summed E-state index contributed by atoms with van der Waals surface area (Å²) in [6, 6.07) is -0.0918. The molecule has 2 atom stereocenters. The third-order valence-corrected chi connectivity index (χ3v) is 3.18. The lowest BCUT2D eigenvalue weighted by molar-refractivity contribution is -0.141. The van der Waals surface area contributed by atoms with E-state index in [0.29, 0.717) is 19.0 Å². The Morgan fingerprint density at radius 1 is 1.17 bits per heavy atom. The van der Waals surface area contributed by atoms with Crippen LogP contribution in [0.15, 0.2) is 0 Å². The molecule has 0 aliphatic heterocycles. The van der Waals surface area contributed by atoms with E-state index in [2.05, 4.69) is 13.8 Å². The molecule has 2 amide bonds. The van der Waals surface area contributed by atoms with E-state index in [1.165, 1.54) is 0 Å². The molecule has 18 heavy (non-hydrogen) atoms. The van der Waals surface area contributed by atoms with E-state index >= 15 is 0 Å². The maximum atomic E-state index is 12.1. The molecule has 0 aromatic heterocycles. The summed E-state index contributed by atoms with van der Waals surface area (Å²) in [7, 11) is 1.77. The fourth-order valence-electron chi connectivity index (χ4n) is 1.67. The molecule has 0 aromatic rings. The summed E-state index contributed by atoms with van der Waals surface area (Å²) >= 11 is 0. The minimum Gasteiger partial charge on any atom is -0.481 e. The number of carboxylic acid groups (broad SMARTS) is 1. The SMILES string of the molecule is CCC(C)CN(C)C(=O)N(CC)CC(C)C(=O)O. The van der Waals surface area contributed by atoms with E-state index in [9.17, 15) is 9.59 Å². The summed E-state index contributed by atoms with van der Waals surface area (Å²) in [4.78, 5) is 26.2. The Kier molecular flexibility index (Phi) is 7.39. The van der Waals surface area contributed by atoms with Gasteiger partial charge in [-0.3, -0.25) is 4.79 Å². The van der Waals surface area contributed by atoms with Gasteiger partial charge in [0.05, 0.1) is 5.92 Å². The van der Waals surface area contributed by atoms with Gasteiger partial charge in [0.2, 0.25) is 0 Å². The first kappa shape index (κ1) is 16.7. The van der Waals surface area contributed by atoms with Gasteiger partial charge >= 0.3 is 12.0 Å². The van der Waals surface area contributed by atoms with Gasteiger partial charge in [0.25, 0.3) is 0 Å². The molecule has 0 radical (unpaired) electrons. The average Bonchev–Trinajstić information content (AvgIpc) is 2.34. The Bertz CT molecular complexity index is 281. The number of urea groups is 1. The van der Waals surface area contributed by atoms with E-state index < -0.39 is 11.9 Å². The quantitative estimate of drug-likeness (QED) is 0.761. The minimum absolute atomic E-state index is 0.0918. The molecule has 0 aliphatic rings. The van der Waals surface area contributed by atoms with Crippen molar-refractivity contribution < 1.29 is 14.7 Å². The van der Waals surface area contributed by atoms with Crippen molar-refractivity contribution in [3.05, 3.63) is 0 Å². The van der Waals surface area contributed by atoms with Crippen LogP contribution >= 0.6 is 0 Å². The van der Waals surface area contributed by atoms with Gasteiger partial charge in [-0.15, -0.1) is 0 Å². The maximum absolute atomic E-state index is 12.1. The van der Waals surface area contributed by atoms with Crippen LogP contribution in [0.25, 0.3) is 0 Å². The highest BCUT2D eigenvalue weighted by Gasteiger charge is 2.22. The zero-order valence-corrected chi connectivity index (χ0v) is 12.1. The van der Waals surface area contributed by atoms with Gasteiger partial charge in [-0.1, -0.05) is 27.2 Å². The monoisotopic (exact) mass is 258 g/mol. The van der Waals surface area contributed by atoms with Crippen LogP contribution < -0.4 is 0 Å². The zero-order chi connectivity index (χ0) is 14.3. The van der Waals surface area contributed by atoms with Crippen molar-refractivity contribution in [2.24, 2.45) is 11.8 Å². The van der Waals surface area contributed by atoms with Crippen molar-refractivity contribution in [2.45, 2.75) is 34.1 Å². The number of carbonyl (C=O) groups is 2. The molecule has 0 aromatic carbocycles. The van der Waals surface area contributed by atoms with Crippen LogP contribution in [0, 0.1) is 11.8 Å². The van der Waals surface area contributed by atoms with E-state index in [0.717, 1.165) is 6.42 Å². The van der Waals surface area contributed by atoms with Crippen molar-refractivity contribution >= 4 is 12.0 Å². The lowest BCUT2D eigenvalue weighted by Gasteiger charge is -2.29. The zero-order valence-electron chi connectivity index (χ0n) is 12.1. The highest BCUT2D eigenvalue weighted by Crippen LogP contribution is 2.07. The van der Waals surface area contributed by atoms with Gasteiger partial charge in [-0.05, 0) is 12.8 Å². The first-order valence-corrected chi connectivity index (χ1v) is 6.56. The van der Waals surface area contributed by atoms with Crippen LogP contribution in [0.2, 0.25) is 0 Å². The Labute approximate surface area is 110 Å². The molecule has 5 nitrogen and oxygen atoms in total. The summed E-state index contributed by atoms with van der Waals surface area (Å²) in [6.45, 7) is 9.16. The van der Waals surface area contributed by atoms with Gasteiger partial charge in [-0.2, -0.15) is 0 Å². The minimum atomic E-state index is -0.870. The first-order chi connectivity index (χ1) is 8.33. The number of aliphatic carboxylic acids is 1. The summed E-state index contributed by atoms with van der Waals surface area (Å²) in [5.41, 5.74) is 0. The Hall–Kier alpha value is -1.26. The summed E-state index contributed by atoms with van der Waals surface area (Å²) in [5.74, 6) is -0.953. The van der Waals surface area contributed by atoms with Gasteiger partial charge in [0.1, 0.15) is 0 Å². The summed E-state index contributed by atoms with van der Waals surface area (Å²) in [5, 5.41) is 8.88. The molecule has 0 aliphatic carbocycles. The van der Waals surface area contributed by atoms with Crippen molar-refractivity contribution in [1.29, 1.82) is 0 Å². The number of hydrogen-bond donors (Lipinski definition) is 1. The maximum Gasteiger partial charge on any atom is 0.319 e. The molecule has 1 N–H and O–H groups in total. The average molecular weight is 258 g/mol. The molecule has 0 fully saturated rings. The number of carboxylic acids is 1. The Morgan fingerprint density at radius 2 is 1.72 bits per heavy atom. The van der Waals surface area contributed by atoms with E-state index in [1.54, 1.807) is 23.8 Å². The highest BCUT2D eigenvalue weighted by atomic mass is 16.4. The molecule has 0 bridgehead atoms. The molecule has 0 saturated heterocycles. The van der Waals surface area contributed by atoms with Gasteiger partial charge in [0.15, 0.2) is 0 Å². The predicted octanol–water partition coefficient (Wildman–Crippen LogP) is 2.13. The second-order valence-corrected chi connectivity index (χ2v) is 4.95. The van der Waals surface area contributed by atoms with Crippen molar-refractivity contribution in [2.75, 3.05) is 26.7 Å². The molecule has 2 unspecified atom stereocenters. The van der Waals surface area contributed by atoms with E-state index in [-0.39, 0.29) is 12.6 Å². The summed E-state index contributed by atoms with van der Waals surface area (Å²) < 4.78 is 0. The van der Waals surface area contributed by atoms with Crippen LogP contribution in [0.5, 0.6) is 0 Å². The fraction of sp³-hybridized carbons (Fsp3) is 0.846. The van der Waals surface area contributed by atoms with Crippen LogP contribution in [-0.4, -0.2) is 53.6 Å². The predicted molar refractivity (Wildman–Crippen MR) is 71.5 cm³/mol. The van der Waals surface area contributed by atoms with Crippen LogP contribution in [0.4, 0.5) is 4.79 Å². The number of hydrogen-bond acceptors (Lipinski definition) is 2. The molecule has 0 rings (SSSR count). The van der Waals surface area contributed by atoms with Crippen LogP contribution in [-0.2, 0) is 4.79 Å². The normalized spacial score (nSPS) is 13.8. The smallest absolute Gasteiger partial charge is 0.319 e. The van der Waals surface area contributed by atoms with Crippen LogP contribution in [0.3, 0.4) is 0 Å². The third kappa shape index (κ3) is 5.38. The van der Waals surface area contributed by atoms with Gasteiger partial charge in [0, 0.05) is 26.7 Å². The number of rotatable bonds is 7. The largest absolute Gasteiger partial charge is 0.481 e. The second-order valence-electron chi connectivity index (χ2n) is 4.95. The standard InChI is InChI=1S/C13H26N2O3/c1-6-10(3)8-14(5)13(18)15(7-2)9-11(4)12(16)17/h10-11H,6-9H2,1-5H3,(H,16,17). The van der Waals surface area contributed by atoms with Gasteiger partial charge in [-0.25, -0.2) is 4.79 Å². The second kappa shape index (κ2) is 7.95. The van der Waals surface area contributed by atoms with E-state index in [4.69, 9.17) is 5.11 Å². The van der Waals surface area contributed by atoms with Crippen molar-refractivity contribution in [3.8, 4) is 0 Å². The number of nitrogens with zero attached hydrogens (tertiary/aromatic N) is 2. The number of carbonyl (C=O) groups excluding carboxylic acids is 1. The Morgan fingerprint density at radius 3 is 2.11 bits per heavy atom. The molecule has 0 spiro atoms. The topological polar surface area (TPSA) is 60.9 Å². The molecule has 5 heteroatoms. The van der Waals surface area contributed by atoms with Crippen molar-refractivity contribution in [3.63, 3.8) is 0 Å². The van der Waals surface area contributed by atoms with Crippen molar-refractivity contribution in [1.82, 2.24) is 9.80 Å². The molecule has 0 saturated carbocycles.